The van der Waals surface area contributed by atoms with Gasteiger partial charge in [-0.25, -0.2) is 17.2 Å². The standard InChI is InChI=1S/C31H42F2N4O4S/c1-19-15-22(16-20(2)41-19)29(21-8-10-23(32)11-9-21)30(34)31(38)36-28-7-3-6-27(33)26(28)13-12-25-17-35-24-5-4-14-42(39,40)37(25)18-24/h3,6-11,19-20,22,24-25,29-30,35H,4-5,12-18,34H2,1-2H3,(H,36,38)/t19-,20+,22+,24-,25+,29?,30+/m1/s1. The molecule has 3 aliphatic rings. The molecule has 230 valence electrons. The van der Waals surface area contributed by atoms with Crippen LogP contribution >= 0.6 is 0 Å². The Kier molecular flexibility index (Phi) is 9.63. The van der Waals surface area contributed by atoms with Crippen molar-refractivity contribution in [2.45, 2.75) is 88.6 Å². The topological polar surface area (TPSA) is 114 Å². The summed E-state index contributed by atoms with van der Waals surface area (Å²) in [6.07, 6.45) is 3.48. The first-order valence-electron chi connectivity index (χ1n) is 15.0. The first-order chi connectivity index (χ1) is 20.0. The molecule has 2 unspecified atom stereocenters. The predicted molar refractivity (Wildman–Crippen MR) is 159 cm³/mol. The van der Waals surface area contributed by atoms with Crippen LogP contribution in [-0.4, -0.2) is 67.8 Å². The average Bonchev–Trinajstić information content (AvgIpc) is 3.05. The van der Waals surface area contributed by atoms with Crippen molar-refractivity contribution >= 4 is 21.6 Å². The number of anilines is 1. The van der Waals surface area contributed by atoms with Gasteiger partial charge in [0.05, 0.1) is 24.0 Å². The van der Waals surface area contributed by atoms with Crippen molar-refractivity contribution in [1.29, 1.82) is 0 Å². The predicted octanol–water partition coefficient (Wildman–Crippen LogP) is 3.92. The highest BCUT2D eigenvalue weighted by Gasteiger charge is 2.39. The molecular weight excluding hydrogens is 562 g/mol. The summed E-state index contributed by atoms with van der Waals surface area (Å²) in [6, 6.07) is 9.47. The number of nitrogens with zero attached hydrogens (tertiary/aromatic N) is 1. The summed E-state index contributed by atoms with van der Waals surface area (Å²) in [6.45, 7) is 4.92. The number of halogens is 2. The normalized spacial score (nSPS) is 30.6. The Morgan fingerprint density at radius 3 is 2.57 bits per heavy atom. The lowest BCUT2D eigenvalue weighted by Gasteiger charge is -2.39. The maximum atomic E-state index is 15.2. The van der Waals surface area contributed by atoms with Crippen molar-refractivity contribution < 1.29 is 26.7 Å². The number of carbonyl (C=O) groups is 1. The average molecular weight is 605 g/mol. The first-order valence-corrected chi connectivity index (χ1v) is 16.6. The molecule has 0 aliphatic carbocycles. The molecule has 2 aromatic carbocycles. The van der Waals surface area contributed by atoms with Crippen LogP contribution in [0.15, 0.2) is 42.5 Å². The highest BCUT2D eigenvalue weighted by Crippen LogP contribution is 2.39. The number of nitrogens with two attached hydrogens (primary N) is 1. The van der Waals surface area contributed by atoms with E-state index in [1.807, 2.05) is 13.8 Å². The Hall–Kier alpha value is -2.44. The van der Waals surface area contributed by atoms with Crippen molar-refractivity contribution in [3.05, 3.63) is 65.2 Å². The number of sulfonamides is 1. The maximum absolute atomic E-state index is 15.2. The summed E-state index contributed by atoms with van der Waals surface area (Å²) in [5, 5.41) is 6.32. The Balaban J connectivity index is 1.34. The maximum Gasteiger partial charge on any atom is 0.241 e. The number of fused-ring (bicyclic) bond motifs is 2. The number of rotatable bonds is 8. The lowest BCUT2D eigenvalue weighted by molar-refractivity contribution is -0.119. The highest BCUT2D eigenvalue weighted by molar-refractivity contribution is 7.89. The summed E-state index contributed by atoms with van der Waals surface area (Å²) in [7, 11) is -3.37. The van der Waals surface area contributed by atoms with Gasteiger partial charge in [-0.2, -0.15) is 4.31 Å². The van der Waals surface area contributed by atoms with Gasteiger partial charge in [-0.15, -0.1) is 0 Å². The Bertz CT molecular complexity index is 1350. The zero-order chi connectivity index (χ0) is 30.0. The molecule has 11 heteroatoms. The van der Waals surface area contributed by atoms with Crippen LogP contribution in [0.3, 0.4) is 0 Å². The van der Waals surface area contributed by atoms with E-state index >= 15 is 4.39 Å². The third-order valence-electron chi connectivity index (χ3n) is 9.05. The van der Waals surface area contributed by atoms with Crippen LogP contribution in [0.5, 0.6) is 0 Å². The van der Waals surface area contributed by atoms with E-state index in [1.54, 1.807) is 22.5 Å². The minimum atomic E-state index is -3.37. The molecule has 3 fully saturated rings. The van der Waals surface area contributed by atoms with E-state index < -0.39 is 33.7 Å². The van der Waals surface area contributed by atoms with Gasteiger partial charge in [0.25, 0.3) is 0 Å². The molecule has 0 radical (unpaired) electrons. The van der Waals surface area contributed by atoms with E-state index in [2.05, 4.69) is 10.6 Å². The third-order valence-corrected chi connectivity index (χ3v) is 11.0. The number of benzene rings is 2. The van der Waals surface area contributed by atoms with E-state index in [-0.39, 0.29) is 48.2 Å². The Morgan fingerprint density at radius 2 is 1.86 bits per heavy atom. The van der Waals surface area contributed by atoms with Crippen molar-refractivity contribution in [3.63, 3.8) is 0 Å². The van der Waals surface area contributed by atoms with Crippen molar-refractivity contribution in [2.24, 2.45) is 11.7 Å². The quantitative estimate of drug-likeness (QED) is 0.421. The fourth-order valence-electron chi connectivity index (χ4n) is 7.07. The Morgan fingerprint density at radius 1 is 1.14 bits per heavy atom. The van der Waals surface area contributed by atoms with Crippen LogP contribution in [0.25, 0.3) is 0 Å². The lowest BCUT2D eigenvalue weighted by Crippen LogP contribution is -2.57. The minimum Gasteiger partial charge on any atom is -0.376 e. The number of amides is 1. The van der Waals surface area contributed by atoms with Gasteiger partial charge in [0, 0.05) is 42.3 Å². The number of ether oxygens (including phenoxy) is 1. The second-order valence-electron chi connectivity index (χ2n) is 12.2. The second-order valence-corrected chi connectivity index (χ2v) is 14.2. The van der Waals surface area contributed by atoms with Crippen LogP contribution in [-0.2, 0) is 26.0 Å². The summed E-state index contributed by atoms with van der Waals surface area (Å²) < 4.78 is 62.2. The molecule has 5 rings (SSSR count). The molecule has 8 nitrogen and oxygen atoms in total. The Labute approximate surface area is 247 Å². The van der Waals surface area contributed by atoms with Crippen LogP contribution in [0, 0.1) is 17.6 Å². The van der Waals surface area contributed by atoms with Gasteiger partial charge in [0.1, 0.15) is 11.6 Å². The molecule has 0 aromatic heterocycles. The number of hydrogen-bond acceptors (Lipinski definition) is 6. The van der Waals surface area contributed by atoms with Gasteiger partial charge in [-0.1, -0.05) is 18.2 Å². The summed E-state index contributed by atoms with van der Waals surface area (Å²) in [5.41, 5.74) is 8.07. The van der Waals surface area contributed by atoms with Crippen LogP contribution < -0.4 is 16.4 Å². The van der Waals surface area contributed by atoms with Crippen molar-refractivity contribution in [3.8, 4) is 0 Å². The SMILES string of the molecule is C[C@@H]1C[C@H](C(c2ccc(F)cc2)[C@H](N)C(=O)Nc2cccc(F)c2CC[C@H]2CN[C@@H]3CCCS(=O)(=O)N2C3)C[C@H](C)O1. The second kappa shape index (κ2) is 13.1. The van der Waals surface area contributed by atoms with E-state index in [0.29, 0.717) is 50.0 Å². The van der Waals surface area contributed by atoms with Crippen LogP contribution in [0.2, 0.25) is 0 Å². The van der Waals surface area contributed by atoms with Crippen molar-refractivity contribution in [2.75, 3.05) is 24.2 Å². The molecule has 2 aromatic rings. The van der Waals surface area contributed by atoms with Gasteiger partial charge in [-0.05, 0) is 88.1 Å². The smallest absolute Gasteiger partial charge is 0.241 e. The molecule has 1 amide bonds. The molecule has 42 heavy (non-hydrogen) atoms. The molecule has 2 bridgehead atoms. The van der Waals surface area contributed by atoms with Gasteiger partial charge in [0.15, 0.2) is 0 Å². The van der Waals surface area contributed by atoms with Gasteiger partial charge in [-0.3, -0.25) is 4.79 Å². The molecule has 0 spiro atoms. The molecule has 3 heterocycles. The summed E-state index contributed by atoms with van der Waals surface area (Å²) in [4.78, 5) is 13.7. The van der Waals surface area contributed by atoms with Crippen LogP contribution in [0.4, 0.5) is 14.5 Å². The number of nitrogens with one attached hydrogen (secondary N) is 2. The number of hydrogen-bond donors (Lipinski definition) is 3. The van der Waals surface area contributed by atoms with Gasteiger partial charge >= 0.3 is 0 Å². The zero-order valence-corrected chi connectivity index (χ0v) is 25.1. The van der Waals surface area contributed by atoms with E-state index in [4.69, 9.17) is 10.5 Å². The van der Waals surface area contributed by atoms with Gasteiger partial charge in [0.2, 0.25) is 15.9 Å². The zero-order valence-electron chi connectivity index (χ0n) is 24.3. The lowest BCUT2D eigenvalue weighted by atomic mass is 9.74. The largest absolute Gasteiger partial charge is 0.376 e. The molecule has 4 N–H and O–H groups in total. The third kappa shape index (κ3) is 7.02. The van der Waals surface area contributed by atoms with E-state index in [0.717, 1.165) is 12.0 Å². The first kappa shape index (κ1) is 31.0. The summed E-state index contributed by atoms with van der Waals surface area (Å²) >= 11 is 0. The number of carbonyl (C=O) groups excluding carboxylic acids is 1. The number of piperazine rings is 1. The fourth-order valence-corrected chi connectivity index (χ4v) is 8.88. The summed E-state index contributed by atoms with van der Waals surface area (Å²) in [5.74, 6) is -1.54. The van der Waals surface area contributed by atoms with Crippen molar-refractivity contribution in [1.82, 2.24) is 9.62 Å². The van der Waals surface area contributed by atoms with Gasteiger partial charge < -0.3 is 21.1 Å². The molecular formula is C31H42F2N4O4S. The molecule has 3 saturated heterocycles. The van der Waals surface area contributed by atoms with Crippen LogP contribution in [0.1, 0.15) is 63.0 Å². The molecule has 8 atom stereocenters. The minimum absolute atomic E-state index is 0.00986. The molecule has 3 aliphatic heterocycles. The highest BCUT2D eigenvalue weighted by atomic mass is 32.2. The van der Waals surface area contributed by atoms with E-state index in [9.17, 15) is 17.6 Å². The monoisotopic (exact) mass is 604 g/mol. The molecule has 0 saturated carbocycles. The van der Waals surface area contributed by atoms with E-state index in [1.165, 1.54) is 24.3 Å². The fraction of sp³-hybridized carbons (Fsp3) is 0.581.